The fourth-order valence-electron chi connectivity index (χ4n) is 2.06. The van der Waals surface area contributed by atoms with Crippen molar-refractivity contribution in [3.8, 4) is 0 Å². The van der Waals surface area contributed by atoms with Gasteiger partial charge in [-0.25, -0.2) is 13.1 Å². The van der Waals surface area contributed by atoms with E-state index in [0.717, 1.165) is 4.90 Å². The Balaban J connectivity index is 2.00. The van der Waals surface area contributed by atoms with Crippen LogP contribution in [0.2, 0.25) is 0 Å². The van der Waals surface area contributed by atoms with Crippen molar-refractivity contribution in [3.63, 3.8) is 0 Å². The highest BCUT2D eigenvalue weighted by Gasteiger charge is 2.36. The molecule has 1 atom stereocenters. The number of fused-ring (bicyclic) bond motifs is 1. The molecular formula is C12H13F3N2O4S. The van der Waals surface area contributed by atoms with Gasteiger partial charge < -0.3 is 10.0 Å². The van der Waals surface area contributed by atoms with E-state index in [1.54, 1.807) is 12.1 Å². The van der Waals surface area contributed by atoms with E-state index in [9.17, 15) is 31.5 Å². The predicted molar refractivity (Wildman–Crippen MR) is 70.3 cm³/mol. The molecule has 10 heteroatoms. The first kappa shape index (κ1) is 16.7. The molecular weight excluding hydrogens is 325 g/mol. The van der Waals surface area contributed by atoms with Crippen LogP contribution in [0.4, 0.5) is 13.2 Å². The third-order valence-electron chi connectivity index (χ3n) is 3.12. The lowest BCUT2D eigenvalue weighted by atomic mass is 10.1. The first-order valence-corrected chi connectivity index (χ1v) is 7.88. The van der Waals surface area contributed by atoms with Crippen LogP contribution in [0.15, 0.2) is 24.3 Å². The molecule has 6 nitrogen and oxygen atoms in total. The van der Waals surface area contributed by atoms with Gasteiger partial charge >= 0.3 is 6.18 Å². The summed E-state index contributed by atoms with van der Waals surface area (Å²) >= 11 is 0. The molecule has 1 aromatic rings. The summed E-state index contributed by atoms with van der Waals surface area (Å²) in [6.07, 6.45) is -5.96. The van der Waals surface area contributed by atoms with E-state index in [4.69, 9.17) is 0 Å². The fraction of sp³-hybridized carbons (Fsp3) is 0.417. The van der Waals surface area contributed by atoms with Crippen molar-refractivity contribution >= 4 is 15.9 Å². The molecule has 1 amide bonds. The van der Waals surface area contributed by atoms with E-state index in [-0.39, 0.29) is 5.56 Å². The van der Waals surface area contributed by atoms with Crippen molar-refractivity contribution in [1.29, 1.82) is 0 Å². The third-order valence-corrected chi connectivity index (χ3v) is 4.42. The topological polar surface area (TPSA) is 86.7 Å². The van der Waals surface area contributed by atoms with E-state index < -0.39 is 47.2 Å². The Hall–Kier alpha value is -1.65. The molecule has 1 heterocycles. The summed E-state index contributed by atoms with van der Waals surface area (Å²) in [7, 11) is -4.21. The molecule has 0 saturated carbocycles. The summed E-state index contributed by atoms with van der Waals surface area (Å²) in [6, 6.07) is 6.21. The Labute approximate surface area is 124 Å². The highest BCUT2D eigenvalue weighted by molar-refractivity contribution is 7.89. The Morgan fingerprint density at radius 2 is 1.91 bits per heavy atom. The maximum Gasteiger partial charge on any atom is 0.402 e. The molecule has 0 radical (unpaired) electrons. The van der Waals surface area contributed by atoms with E-state index in [2.05, 4.69) is 0 Å². The summed E-state index contributed by atoms with van der Waals surface area (Å²) in [6.45, 7) is -2.09. The summed E-state index contributed by atoms with van der Waals surface area (Å²) in [5.41, 5.74) is 0.587. The van der Waals surface area contributed by atoms with E-state index in [0.29, 0.717) is 5.56 Å². The maximum absolute atomic E-state index is 12.0. The zero-order valence-corrected chi connectivity index (χ0v) is 12.0. The van der Waals surface area contributed by atoms with Crippen LogP contribution in [0.5, 0.6) is 0 Å². The average molecular weight is 338 g/mol. The van der Waals surface area contributed by atoms with Crippen molar-refractivity contribution in [2.75, 3.05) is 18.8 Å². The quantitative estimate of drug-likeness (QED) is 0.824. The number of benzene rings is 1. The standard InChI is InChI=1S/C12H13F3N2O4S/c13-12(14,15)7-16-22(20,21)6-5-17-10(18)8-3-1-2-4-9(8)11(17)19/h1-4,10,16,18H,5-7H2. The van der Waals surface area contributed by atoms with Gasteiger partial charge in [0, 0.05) is 17.7 Å². The number of hydrogen-bond donors (Lipinski definition) is 2. The second-order valence-electron chi connectivity index (χ2n) is 4.71. The number of hydrogen-bond acceptors (Lipinski definition) is 4. The van der Waals surface area contributed by atoms with E-state index in [1.807, 2.05) is 0 Å². The van der Waals surface area contributed by atoms with Crippen LogP contribution in [0, 0.1) is 0 Å². The second-order valence-corrected chi connectivity index (χ2v) is 6.64. The van der Waals surface area contributed by atoms with E-state index in [1.165, 1.54) is 16.9 Å². The number of carbonyl (C=O) groups excluding carboxylic acids is 1. The normalized spacial score (nSPS) is 18.6. The largest absolute Gasteiger partial charge is 0.402 e. The fourth-order valence-corrected chi connectivity index (χ4v) is 3.02. The SMILES string of the molecule is O=C1c2ccccc2C(O)N1CCS(=O)(=O)NCC(F)(F)F. The van der Waals surface area contributed by atoms with Crippen LogP contribution in [0.25, 0.3) is 0 Å². The molecule has 122 valence electrons. The number of amides is 1. The van der Waals surface area contributed by atoms with Crippen LogP contribution in [-0.2, 0) is 10.0 Å². The Morgan fingerprint density at radius 1 is 1.27 bits per heavy atom. The molecule has 1 aliphatic heterocycles. The third kappa shape index (κ3) is 3.76. The minimum atomic E-state index is -4.66. The Bertz CT molecular complexity index is 675. The zero-order valence-electron chi connectivity index (χ0n) is 11.2. The monoisotopic (exact) mass is 338 g/mol. The molecule has 1 aromatic carbocycles. The number of aliphatic hydroxyl groups is 1. The van der Waals surface area contributed by atoms with Crippen molar-refractivity contribution in [2.24, 2.45) is 0 Å². The van der Waals surface area contributed by atoms with Crippen molar-refractivity contribution in [1.82, 2.24) is 9.62 Å². The van der Waals surface area contributed by atoms with Gasteiger partial charge in [-0.2, -0.15) is 13.2 Å². The van der Waals surface area contributed by atoms with Gasteiger partial charge in [0.05, 0.1) is 5.75 Å². The van der Waals surface area contributed by atoms with Gasteiger partial charge in [0.1, 0.15) is 6.54 Å². The maximum atomic E-state index is 12.0. The number of halogens is 3. The van der Waals surface area contributed by atoms with Crippen LogP contribution >= 0.6 is 0 Å². The highest BCUT2D eigenvalue weighted by atomic mass is 32.2. The highest BCUT2D eigenvalue weighted by Crippen LogP contribution is 2.30. The van der Waals surface area contributed by atoms with Gasteiger partial charge in [-0.1, -0.05) is 18.2 Å². The number of aliphatic hydroxyl groups excluding tert-OH is 1. The minimum absolute atomic E-state index is 0.246. The van der Waals surface area contributed by atoms with Crippen molar-refractivity contribution < 1.29 is 31.5 Å². The number of nitrogens with zero attached hydrogens (tertiary/aromatic N) is 1. The van der Waals surface area contributed by atoms with Crippen LogP contribution in [0.1, 0.15) is 22.1 Å². The zero-order chi connectivity index (χ0) is 16.5. The number of sulfonamides is 1. The molecule has 2 N–H and O–H groups in total. The first-order chi connectivity index (χ1) is 10.1. The van der Waals surface area contributed by atoms with Crippen LogP contribution in [0.3, 0.4) is 0 Å². The van der Waals surface area contributed by atoms with Gasteiger partial charge in [0.2, 0.25) is 10.0 Å². The van der Waals surface area contributed by atoms with Crippen molar-refractivity contribution in [2.45, 2.75) is 12.4 Å². The van der Waals surface area contributed by atoms with Gasteiger partial charge in [-0.15, -0.1) is 0 Å². The lowest BCUT2D eigenvalue weighted by Crippen LogP contribution is -2.39. The molecule has 1 aliphatic rings. The first-order valence-electron chi connectivity index (χ1n) is 6.23. The van der Waals surface area contributed by atoms with Gasteiger partial charge in [0.15, 0.2) is 6.23 Å². The van der Waals surface area contributed by atoms with Crippen molar-refractivity contribution in [3.05, 3.63) is 35.4 Å². The number of alkyl halides is 3. The summed E-state index contributed by atoms with van der Waals surface area (Å²) in [5, 5.41) is 9.98. The lowest BCUT2D eigenvalue weighted by molar-refractivity contribution is -0.121. The van der Waals surface area contributed by atoms with E-state index >= 15 is 0 Å². The van der Waals surface area contributed by atoms with Crippen LogP contribution < -0.4 is 4.72 Å². The predicted octanol–water partition coefficient (Wildman–Crippen LogP) is 0.615. The molecule has 0 aromatic heterocycles. The average Bonchev–Trinajstić information content (AvgIpc) is 2.67. The summed E-state index contributed by atoms with van der Waals surface area (Å²) in [4.78, 5) is 12.9. The number of rotatable bonds is 5. The molecule has 0 spiro atoms. The number of carbonyl (C=O) groups is 1. The summed E-state index contributed by atoms with van der Waals surface area (Å²) in [5.74, 6) is -1.30. The van der Waals surface area contributed by atoms with Gasteiger partial charge in [-0.3, -0.25) is 4.79 Å². The molecule has 0 bridgehead atoms. The van der Waals surface area contributed by atoms with Gasteiger partial charge in [-0.05, 0) is 6.07 Å². The molecule has 2 rings (SSSR count). The van der Waals surface area contributed by atoms with Crippen LogP contribution in [-0.4, -0.2) is 49.4 Å². The Morgan fingerprint density at radius 3 is 2.50 bits per heavy atom. The molecule has 0 aliphatic carbocycles. The Kier molecular flexibility index (Phi) is 4.45. The minimum Gasteiger partial charge on any atom is -0.369 e. The molecule has 1 unspecified atom stereocenters. The number of nitrogens with one attached hydrogen (secondary N) is 1. The summed E-state index contributed by atoms with van der Waals surface area (Å²) < 4.78 is 60.4. The molecule has 22 heavy (non-hydrogen) atoms. The molecule has 0 saturated heterocycles. The lowest BCUT2D eigenvalue weighted by Gasteiger charge is -2.20. The second kappa shape index (κ2) is 5.86. The van der Waals surface area contributed by atoms with Gasteiger partial charge in [0.25, 0.3) is 5.91 Å². The smallest absolute Gasteiger partial charge is 0.369 e. The molecule has 0 fully saturated rings.